The van der Waals surface area contributed by atoms with Gasteiger partial charge in [0.2, 0.25) is 0 Å². The zero-order chi connectivity index (χ0) is 13.8. The number of hydrogen-bond donors (Lipinski definition) is 1. The van der Waals surface area contributed by atoms with Crippen molar-refractivity contribution >= 4 is 16.0 Å². The fraction of sp³-hybridized carbons (Fsp3) is 0.600. The maximum atomic E-state index is 12.2. The Morgan fingerprint density at radius 1 is 1.50 bits per heavy atom. The number of carboxylic acid groups (broad SMARTS) is 1. The lowest BCUT2D eigenvalue weighted by molar-refractivity contribution is -0.137. The number of carboxylic acids is 1. The van der Waals surface area contributed by atoms with Crippen LogP contribution in [0.3, 0.4) is 0 Å². The molecule has 0 aromatic carbocycles. The van der Waals surface area contributed by atoms with E-state index in [0.717, 1.165) is 4.31 Å². The van der Waals surface area contributed by atoms with Crippen LogP contribution in [0.4, 0.5) is 0 Å². The van der Waals surface area contributed by atoms with Crippen LogP contribution in [0, 0.1) is 0 Å². The van der Waals surface area contributed by atoms with Crippen molar-refractivity contribution in [3.05, 3.63) is 12.5 Å². The van der Waals surface area contributed by atoms with E-state index in [1.165, 1.54) is 12.5 Å². The highest BCUT2D eigenvalue weighted by molar-refractivity contribution is 7.89. The molecule has 8 heteroatoms. The number of imidazole rings is 1. The van der Waals surface area contributed by atoms with Crippen LogP contribution in [0.1, 0.15) is 20.3 Å². The highest BCUT2D eigenvalue weighted by atomic mass is 32.2. The summed E-state index contributed by atoms with van der Waals surface area (Å²) in [5.41, 5.74) is 0. The molecule has 0 aliphatic carbocycles. The van der Waals surface area contributed by atoms with E-state index in [0.29, 0.717) is 6.54 Å². The zero-order valence-electron chi connectivity index (χ0n) is 10.4. The van der Waals surface area contributed by atoms with E-state index in [2.05, 4.69) is 4.98 Å². The van der Waals surface area contributed by atoms with Gasteiger partial charge in [0.05, 0.1) is 12.7 Å². The van der Waals surface area contributed by atoms with Crippen LogP contribution in [-0.2, 0) is 21.4 Å². The highest BCUT2D eigenvalue weighted by Gasteiger charge is 2.25. The van der Waals surface area contributed by atoms with Gasteiger partial charge in [-0.3, -0.25) is 4.79 Å². The molecular formula is C10H17N3O4S. The van der Waals surface area contributed by atoms with Crippen LogP contribution < -0.4 is 0 Å². The van der Waals surface area contributed by atoms with Crippen LogP contribution in [0.5, 0.6) is 0 Å². The first kappa shape index (κ1) is 14.7. The molecule has 18 heavy (non-hydrogen) atoms. The summed E-state index contributed by atoms with van der Waals surface area (Å²) in [6.07, 6.45) is 2.66. The summed E-state index contributed by atoms with van der Waals surface area (Å²) in [5, 5.41) is 8.55. The lowest BCUT2D eigenvalue weighted by Crippen LogP contribution is -2.33. The van der Waals surface area contributed by atoms with Gasteiger partial charge < -0.3 is 9.67 Å². The third kappa shape index (κ3) is 3.30. The lowest BCUT2D eigenvalue weighted by atomic mass is 10.4. The van der Waals surface area contributed by atoms with E-state index >= 15 is 0 Å². The average Bonchev–Trinajstić information content (AvgIpc) is 2.78. The Labute approximate surface area is 106 Å². The highest BCUT2D eigenvalue weighted by Crippen LogP contribution is 2.13. The Morgan fingerprint density at radius 2 is 2.17 bits per heavy atom. The van der Waals surface area contributed by atoms with E-state index < -0.39 is 16.0 Å². The summed E-state index contributed by atoms with van der Waals surface area (Å²) in [7, 11) is -3.70. The molecule has 7 nitrogen and oxygen atoms in total. The topological polar surface area (TPSA) is 92.5 Å². The second kappa shape index (κ2) is 5.96. The molecular weight excluding hydrogens is 258 g/mol. The minimum absolute atomic E-state index is 0.0448. The third-order valence-electron chi connectivity index (χ3n) is 2.51. The van der Waals surface area contributed by atoms with Crippen molar-refractivity contribution in [2.75, 3.05) is 13.1 Å². The number of aliphatic carboxylic acids is 1. The van der Waals surface area contributed by atoms with E-state index in [1.54, 1.807) is 11.5 Å². The average molecular weight is 275 g/mol. The Morgan fingerprint density at radius 3 is 2.61 bits per heavy atom. The Kier molecular flexibility index (Phi) is 4.85. The van der Waals surface area contributed by atoms with Gasteiger partial charge in [0.1, 0.15) is 0 Å². The van der Waals surface area contributed by atoms with Crippen molar-refractivity contribution < 1.29 is 18.3 Å². The number of hydrogen-bond acceptors (Lipinski definition) is 4. The van der Waals surface area contributed by atoms with E-state index in [1.807, 2.05) is 6.92 Å². The van der Waals surface area contributed by atoms with Gasteiger partial charge in [-0.05, 0) is 6.92 Å². The van der Waals surface area contributed by atoms with Crippen molar-refractivity contribution in [2.45, 2.75) is 31.8 Å². The molecule has 0 atom stereocenters. The van der Waals surface area contributed by atoms with Crippen LogP contribution in [0.2, 0.25) is 0 Å². The van der Waals surface area contributed by atoms with Gasteiger partial charge in [0, 0.05) is 25.8 Å². The fourth-order valence-corrected chi connectivity index (χ4v) is 2.83. The maximum Gasteiger partial charge on any atom is 0.304 e. The molecule has 1 heterocycles. The van der Waals surface area contributed by atoms with Crippen LogP contribution in [0.25, 0.3) is 0 Å². The zero-order valence-corrected chi connectivity index (χ0v) is 11.2. The minimum atomic E-state index is -3.70. The van der Waals surface area contributed by atoms with Gasteiger partial charge in [0.25, 0.3) is 10.0 Å². The third-order valence-corrected chi connectivity index (χ3v) is 4.37. The molecule has 1 rings (SSSR count). The number of carbonyl (C=O) groups is 1. The molecule has 1 aromatic rings. The van der Waals surface area contributed by atoms with Crippen molar-refractivity contribution in [2.24, 2.45) is 0 Å². The predicted octanol–water partition coefficient (Wildman–Crippen LogP) is 0.388. The van der Waals surface area contributed by atoms with Gasteiger partial charge in [0.15, 0.2) is 5.03 Å². The fourth-order valence-electron chi connectivity index (χ4n) is 1.45. The van der Waals surface area contributed by atoms with Crippen LogP contribution >= 0.6 is 0 Å². The molecule has 0 saturated heterocycles. The van der Waals surface area contributed by atoms with E-state index in [-0.39, 0.29) is 24.5 Å². The second-order valence-corrected chi connectivity index (χ2v) is 5.57. The molecule has 0 amide bonds. The van der Waals surface area contributed by atoms with Gasteiger partial charge >= 0.3 is 5.97 Å². The minimum Gasteiger partial charge on any atom is -0.481 e. The molecule has 1 N–H and O–H groups in total. The van der Waals surface area contributed by atoms with E-state index in [4.69, 9.17) is 5.11 Å². The normalized spacial score (nSPS) is 11.9. The lowest BCUT2D eigenvalue weighted by Gasteiger charge is -2.17. The molecule has 0 spiro atoms. The summed E-state index contributed by atoms with van der Waals surface area (Å²) in [6, 6.07) is 0. The maximum absolute atomic E-state index is 12.2. The molecule has 0 aliphatic rings. The van der Waals surface area contributed by atoms with Crippen LogP contribution in [0.15, 0.2) is 17.6 Å². The molecule has 0 unspecified atom stereocenters. The number of aromatic nitrogens is 2. The second-order valence-electron chi connectivity index (χ2n) is 3.68. The van der Waals surface area contributed by atoms with E-state index in [9.17, 15) is 13.2 Å². The molecule has 0 saturated carbocycles. The largest absolute Gasteiger partial charge is 0.481 e. The Bertz CT molecular complexity index is 509. The first-order valence-electron chi connectivity index (χ1n) is 5.65. The number of rotatable bonds is 7. The Hall–Kier alpha value is -1.41. The molecule has 1 aromatic heterocycles. The monoisotopic (exact) mass is 275 g/mol. The van der Waals surface area contributed by atoms with Crippen molar-refractivity contribution in [3.8, 4) is 0 Å². The first-order chi connectivity index (χ1) is 8.41. The first-order valence-corrected chi connectivity index (χ1v) is 7.09. The molecule has 102 valence electrons. The summed E-state index contributed by atoms with van der Waals surface area (Å²) < 4.78 is 27.1. The SMILES string of the molecule is CCN(CCC(=O)O)S(=O)(=O)c1cn(CC)cn1. The van der Waals surface area contributed by atoms with Crippen LogP contribution in [-0.4, -0.2) is 46.4 Å². The quantitative estimate of drug-likeness (QED) is 0.777. The van der Waals surface area contributed by atoms with Gasteiger partial charge in [-0.2, -0.15) is 4.31 Å². The summed E-state index contributed by atoms with van der Waals surface area (Å²) in [4.78, 5) is 14.3. The molecule has 0 fully saturated rings. The van der Waals surface area contributed by atoms with Gasteiger partial charge in [-0.25, -0.2) is 13.4 Å². The van der Waals surface area contributed by atoms with Crippen molar-refractivity contribution in [1.29, 1.82) is 0 Å². The predicted molar refractivity (Wildman–Crippen MR) is 64.6 cm³/mol. The van der Waals surface area contributed by atoms with Crippen molar-refractivity contribution in [1.82, 2.24) is 13.9 Å². The smallest absolute Gasteiger partial charge is 0.304 e. The number of sulfonamides is 1. The summed E-state index contributed by atoms with van der Waals surface area (Å²) in [5.74, 6) is -1.03. The number of nitrogens with zero attached hydrogens (tertiary/aromatic N) is 3. The van der Waals surface area contributed by atoms with Crippen molar-refractivity contribution in [3.63, 3.8) is 0 Å². The molecule has 0 bridgehead atoms. The summed E-state index contributed by atoms with van der Waals surface area (Å²) in [6.45, 7) is 4.34. The molecule has 0 radical (unpaired) electrons. The summed E-state index contributed by atoms with van der Waals surface area (Å²) >= 11 is 0. The van der Waals surface area contributed by atoms with Gasteiger partial charge in [-0.15, -0.1) is 0 Å². The Balaban J connectivity index is 2.91. The standard InChI is InChI=1S/C10H17N3O4S/c1-3-12-7-9(11-8-12)18(16,17)13(4-2)6-5-10(14)15/h7-8H,3-6H2,1-2H3,(H,14,15). The molecule has 0 aliphatic heterocycles. The number of aryl methyl sites for hydroxylation is 1. The van der Waals surface area contributed by atoms with Gasteiger partial charge in [-0.1, -0.05) is 6.92 Å².